The third-order valence-corrected chi connectivity index (χ3v) is 6.47. The lowest BCUT2D eigenvalue weighted by Gasteiger charge is -2.20. The maximum atomic E-state index is 6.28. The fourth-order valence-electron chi connectivity index (χ4n) is 3.82. The Hall–Kier alpha value is -3.19. The highest BCUT2D eigenvalue weighted by atomic mass is 32.2. The van der Waals surface area contributed by atoms with Gasteiger partial charge in [-0.2, -0.15) is 17.0 Å². The molecule has 2 aromatic heterocycles. The van der Waals surface area contributed by atoms with Gasteiger partial charge in [0.15, 0.2) is 0 Å². The van der Waals surface area contributed by atoms with E-state index in [1.54, 1.807) is 0 Å². The minimum atomic E-state index is 0.539. The summed E-state index contributed by atoms with van der Waals surface area (Å²) in [5, 5.41) is 14.5. The van der Waals surface area contributed by atoms with E-state index < -0.39 is 0 Å². The quantitative estimate of drug-likeness (QED) is 0.472. The molecule has 0 saturated heterocycles. The molecule has 0 radical (unpaired) electrons. The predicted molar refractivity (Wildman–Crippen MR) is 123 cm³/mol. The predicted octanol–water partition coefficient (Wildman–Crippen LogP) is 4.86. The van der Waals surface area contributed by atoms with Crippen molar-refractivity contribution >= 4 is 11.8 Å². The van der Waals surface area contributed by atoms with E-state index in [1.165, 1.54) is 11.3 Å². The van der Waals surface area contributed by atoms with Crippen molar-refractivity contribution in [1.82, 2.24) is 25.6 Å². The molecule has 0 unspecified atom stereocenters. The van der Waals surface area contributed by atoms with Crippen molar-refractivity contribution in [2.75, 3.05) is 5.75 Å². The van der Waals surface area contributed by atoms with Crippen molar-refractivity contribution in [3.8, 4) is 28.3 Å². The zero-order chi connectivity index (χ0) is 21.0. The summed E-state index contributed by atoms with van der Waals surface area (Å²) in [5.41, 5.74) is 7.84. The molecule has 0 aliphatic carbocycles. The standard InChI is InChI=1S/C24H23N5OS/c1-2-18-13-23(21-15-31-12-11-22(21)25-18)30-14-16-7-9-17(10-8-16)19-5-3-4-6-20(19)24-26-28-29-27-24/h3-10,13H,2,11-12,14-15H2,1H3,(H,26,27,28,29). The van der Waals surface area contributed by atoms with E-state index in [0.717, 1.165) is 58.0 Å². The van der Waals surface area contributed by atoms with Gasteiger partial charge in [-0.15, -0.1) is 10.2 Å². The molecule has 0 atom stereocenters. The zero-order valence-electron chi connectivity index (χ0n) is 17.3. The van der Waals surface area contributed by atoms with Crippen LogP contribution in [-0.2, 0) is 25.2 Å². The molecule has 1 aliphatic heterocycles. The second-order valence-electron chi connectivity index (χ2n) is 7.46. The number of pyridine rings is 1. The number of benzene rings is 2. The lowest BCUT2D eigenvalue weighted by molar-refractivity contribution is 0.302. The van der Waals surface area contributed by atoms with E-state index in [1.807, 2.05) is 30.0 Å². The molecule has 31 heavy (non-hydrogen) atoms. The van der Waals surface area contributed by atoms with Gasteiger partial charge in [-0.1, -0.05) is 55.5 Å². The van der Waals surface area contributed by atoms with Crippen LogP contribution in [0.5, 0.6) is 5.75 Å². The number of rotatable bonds is 6. The topological polar surface area (TPSA) is 76.6 Å². The Morgan fingerprint density at radius 1 is 1.06 bits per heavy atom. The van der Waals surface area contributed by atoms with Gasteiger partial charge in [0, 0.05) is 34.3 Å². The molecule has 6 nitrogen and oxygen atoms in total. The number of tetrazole rings is 1. The Morgan fingerprint density at radius 2 is 1.90 bits per heavy atom. The second-order valence-corrected chi connectivity index (χ2v) is 8.56. The van der Waals surface area contributed by atoms with Gasteiger partial charge in [-0.3, -0.25) is 4.98 Å². The number of H-pyrrole nitrogens is 1. The summed E-state index contributed by atoms with van der Waals surface area (Å²) in [5.74, 6) is 3.70. The molecule has 0 fully saturated rings. The summed E-state index contributed by atoms with van der Waals surface area (Å²) < 4.78 is 6.28. The molecule has 156 valence electrons. The molecule has 3 heterocycles. The van der Waals surface area contributed by atoms with Crippen LogP contribution in [0, 0.1) is 0 Å². The summed E-state index contributed by atoms with van der Waals surface area (Å²) in [4.78, 5) is 4.81. The van der Waals surface area contributed by atoms with Crippen LogP contribution in [0.3, 0.4) is 0 Å². The average molecular weight is 430 g/mol. The highest BCUT2D eigenvalue weighted by Gasteiger charge is 2.17. The lowest BCUT2D eigenvalue weighted by Crippen LogP contribution is -2.10. The molecule has 0 saturated carbocycles. The normalized spacial score (nSPS) is 13.1. The number of nitrogens with one attached hydrogen (secondary N) is 1. The smallest absolute Gasteiger partial charge is 0.205 e. The summed E-state index contributed by atoms with van der Waals surface area (Å²) in [6.07, 6.45) is 1.95. The first-order valence-corrected chi connectivity index (χ1v) is 11.6. The summed E-state index contributed by atoms with van der Waals surface area (Å²) in [6, 6.07) is 18.7. The van der Waals surface area contributed by atoms with Crippen LogP contribution >= 0.6 is 11.8 Å². The molecule has 2 aromatic carbocycles. The molecule has 5 rings (SSSR count). The number of thioether (sulfide) groups is 1. The van der Waals surface area contributed by atoms with Crippen LogP contribution in [0.15, 0.2) is 54.6 Å². The number of hydrogen-bond donors (Lipinski definition) is 1. The molecule has 1 aliphatic rings. The molecule has 1 N–H and O–H groups in total. The van der Waals surface area contributed by atoms with Crippen molar-refractivity contribution in [1.29, 1.82) is 0 Å². The first kappa shape index (κ1) is 19.8. The molecule has 0 spiro atoms. The average Bonchev–Trinajstić information content (AvgIpc) is 3.37. The van der Waals surface area contributed by atoms with Crippen LogP contribution in [-0.4, -0.2) is 31.4 Å². The third kappa shape index (κ3) is 4.18. The third-order valence-electron chi connectivity index (χ3n) is 5.49. The second kappa shape index (κ2) is 8.89. The summed E-state index contributed by atoms with van der Waals surface area (Å²) in [6.45, 7) is 2.68. The molecule has 4 aromatic rings. The van der Waals surface area contributed by atoms with E-state index in [0.29, 0.717) is 12.4 Å². The number of hydrogen-bond acceptors (Lipinski definition) is 6. The van der Waals surface area contributed by atoms with Crippen molar-refractivity contribution < 1.29 is 4.74 Å². The summed E-state index contributed by atoms with van der Waals surface area (Å²) in [7, 11) is 0. The van der Waals surface area contributed by atoms with Crippen LogP contribution in [0.1, 0.15) is 29.4 Å². The van der Waals surface area contributed by atoms with Crippen molar-refractivity contribution in [2.24, 2.45) is 0 Å². The number of aromatic nitrogens is 5. The molecule has 0 bridgehead atoms. The largest absolute Gasteiger partial charge is 0.488 e. The van der Waals surface area contributed by atoms with Gasteiger partial charge in [0.05, 0.1) is 0 Å². The first-order valence-electron chi connectivity index (χ1n) is 10.5. The molecule has 0 amide bonds. The van der Waals surface area contributed by atoms with Gasteiger partial charge in [0.2, 0.25) is 5.82 Å². The zero-order valence-corrected chi connectivity index (χ0v) is 18.2. The van der Waals surface area contributed by atoms with Gasteiger partial charge in [-0.05, 0) is 40.5 Å². The number of nitrogens with zero attached hydrogens (tertiary/aromatic N) is 4. The maximum Gasteiger partial charge on any atom is 0.205 e. The van der Waals surface area contributed by atoms with Crippen molar-refractivity contribution in [3.05, 3.63) is 77.1 Å². The highest BCUT2D eigenvalue weighted by molar-refractivity contribution is 7.98. The van der Waals surface area contributed by atoms with Crippen LogP contribution in [0.2, 0.25) is 0 Å². The molecular weight excluding hydrogens is 406 g/mol. The minimum absolute atomic E-state index is 0.539. The Labute approximate surface area is 185 Å². The van der Waals surface area contributed by atoms with Gasteiger partial charge in [0.1, 0.15) is 12.4 Å². The highest BCUT2D eigenvalue weighted by Crippen LogP contribution is 2.33. The van der Waals surface area contributed by atoms with E-state index in [-0.39, 0.29) is 0 Å². The van der Waals surface area contributed by atoms with Gasteiger partial charge in [-0.25, -0.2) is 0 Å². The van der Waals surface area contributed by atoms with E-state index in [2.05, 4.69) is 63.9 Å². The van der Waals surface area contributed by atoms with Crippen LogP contribution in [0.25, 0.3) is 22.5 Å². The van der Waals surface area contributed by atoms with Crippen LogP contribution < -0.4 is 4.74 Å². The number of aromatic amines is 1. The fraction of sp³-hybridized carbons (Fsp3) is 0.250. The van der Waals surface area contributed by atoms with Crippen molar-refractivity contribution in [3.63, 3.8) is 0 Å². The summed E-state index contributed by atoms with van der Waals surface area (Å²) >= 11 is 1.95. The monoisotopic (exact) mass is 429 g/mol. The maximum absolute atomic E-state index is 6.28. The number of fused-ring (bicyclic) bond motifs is 1. The Balaban J connectivity index is 1.36. The van der Waals surface area contributed by atoms with Gasteiger partial charge in [0.25, 0.3) is 0 Å². The van der Waals surface area contributed by atoms with Crippen molar-refractivity contribution in [2.45, 2.75) is 32.1 Å². The van der Waals surface area contributed by atoms with E-state index in [4.69, 9.17) is 9.72 Å². The first-order chi connectivity index (χ1) is 15.3. The van der Waals surface area contributed by atoms with Gasteiger partial charge < -0.3 is 4.74 Å². The Bertz CT molecular complexity index is 1180. The lowest BCUT2D eigenvalue weighted by atomic mass is 9.98. The van der Waals surface area contributed by atoms with E-state index in [9.17, 15) is 0 Å². The Kier molecular flexibility index (Phi) is 5.67. The van der Waals surface area contributed by atoms with E-state index >= 15 is 0 Å². The van der Waals surface area contributed by atoms with Crippen LogP contribution in [0.4, 0.5) is 0 Å². The molecule has 7 heteroatoms. The van der Waals surface area contributed by atoms with Gasteiger partial charge >= 0.3 is 0 Å². The Morgan fingerprint density at radius 3 is 2.68 bits per heavy atom. The number of aryl methyl sites for hydroxylation is 2. The SMILES string of the molecule is CCc1cc(OCc2ccc(-c3ccccc3-c3nn[nH]n3)cc2)c2c(n1)CCSC2. The minimum Gasteiger partial charge on any atom is -0.488 e. The number of ether oxygens (including phenoxy) is 1. The molecular formula is C24H23N5OS. The fourth-order valence-corrected chi connectivity index (χ4v) is 4.81.